The Bertz CT molecular complexity index is 1070. The number of nitrogens with zero attached hydrogens (tertiary/aromatic N) is 2. The summed E-state index contributed by atoms with van der Waals surface area (Å²) >= 11 is 0. The maximum absolute atomic E-state index is 12.7. The molecule has 29 heavy (non-hydrogen) atoms. The summed E-state index contributed by atoms with van der Waals surface area (Å²) in [5.41, 5.74) is 3.43. The van der Waals surface area contributed by atoms with Gasteiger partial charge in [0, 0.05) is 19.2 Å². The summed E-state index contributed by atoms with van der Waals surface area (Å²) in [5.74, 6) is -1.56. The van der Waals surface area contributed by atoms with Gasteiger partial charge in [0.1, 0.15) is 0 Å². The normalized spacial score (nSPS) is 10.4. The molecule has 0 atom stereocenters. The molecule has 7 heteroatoms. The van der Waals surface area contributed by atoms with Gasteiger partial charge in [0.25, 0.3) is 17.6 Å². The number of rotatable bonds is 6. The van der Waals surface area contributed by atoms with Gasteiger partial charge < -0.3 is 10.6 Å². The molecular weight excluding hydrogens is 368 g/mol. The highest BCUT2D eigenvalue weighted by molar-refractivity contribution is 6.43. The van der Waals surface area contributed by atoms with Crippen LogP contribution in [0.5, 0.6) is 0 Å². The molecule has 0 spiro atoms. The molecule has 0 radical (unpaired) electrons. The number of para-hydroxylation sites is 1. The van der Waals surface area contributed by atoms with Crippen molar-refractivity contribution >= 4 is 17.6 Å². The Balaban J connectivity index is 1.75. The Morgan fingerprint density at radius 3 is 2.41 bits per heavy atom. The molecule has 2 amide bonds. The fourth-order valence-electron chi connectivity index (χ4n) is 3.13. The molecule has 0 fully saturated rings. The number of aromatic nitrogens is 2. The smallest absolute Gasteiger partial charge is 0.292 e. The summed E-state index contributed by atoms with van der Waals surface area (Å²) in [6, 6.07) is 16.3. The second-order valence-electron chi connectivity index (χ2n) is 6.58. The summed E-state index contributed by atoms with van der Waals surface area (Å²) in [7, 11) is 1.55. The first kappa shape index (κ1) is 20.0. The molecular formula is C22H22N4O3. The van der Waals surface area contributed by atoms with E-state index >= 15 is 0 Å². The minimum Gasteiger partial charge on any atom is -0.355 e. The zero-order valence-corrected chi connectivity index (χ0v) is 16.5. The summed E-state index contributed by atoms with van der Waals surface area (Å²) in [6.45, 7) is 3.61. The van der Waals surface area contributed by atoms with Crippen LogP contribution in [0.4, 0.5) is 0 Å². The van der Waals surface area contributed by atoms with Crippen LogP contribution in [0.3, 0.4) is 0 Å². The van der Waals surface area contributed by atoms with E-state index in [2.05, 4.69) is 15.7 Å². The van der Waals surface area contributed by atoms with E-state index in [0.717, 1.165) is 11.3 Å². The summed E-state index contributed by atoms with van der Waals surface area (Å²) < 4.78 is 1.66. The molecule has 7 nitrogen and oxygen atoms in total. The topological polar surface area (TPSA) is 93.1 Å². The number of carbonyl (C=O) groups excluding carboxylic acids is 3. The van der Waals surface area contributed by atoms with Gasteiger partial charge in [0.15, 0.2) is 0 Å². The number of hydrogen-bond acceptors (Lipinski definition) is 4. The Labute approximate surface area is 168 Å². The van der Waals surface area contributed by atoms with E-state index in [0.29, 0.717) is 22.5 Å². The van der Waals surface area contributed by atoms with E-state index in [4.69, 9.17) is 0 Å². The van der Waals surface area contributed by atoms with Crippen molar-refractivity contribution in [3.05, 3.63) is 82.7 Å². The van der Waals surface area contributed by atoms with E-state index in [9.17, 15) is 14.4 Å². The van der Waals surface area contributed by atoms with Crippen LogP contribution in [-0.2, 0) is 11.3 Å². The molecule has 2 aromatic carbocycles. The number of benzene rings is 2. The van der Waals surface area contributed by atoms with Crippen LogP contribution < -0.4 is 10.6 Å². The van der Waals surface area contributed by atoms with Crippen molar-refractivity contribution in [3.8, 4) is 5.69 Å². The molecule has 0 aliphatic heterocycles. The van der Waals surface area contributed by atoms with Gasteiger partial charge in [0.2, 0.25) is 0 Å². The second-order valence-corrected chi connectivity index (χ2v) is 6.58. The zero-order chi connectivity index (χ0) is 21.0. The summed E-state index contributed by atoms with van der Waals surface area (Å²) in [6.07, 6.45) is 0. The minimum atomic E-state index is -0.714. The molecule has 0 unspecified atom stereocenters. The molecule has 1 aromatic heterocycles. The fraction of sp³-hybridized carbons (Fsp3) is 0.182. The average molecular weight is 390 g/mol. The number of hydrogen-bond donors (Lipinski definition) is 2. The number of nitrogens with one attached hydrogen (secondary N) is 2. The van der Waals surface area contributed by atoms with E-state index in [1.807, 2.05) is 30.3 Å². The van der Waals surface area contributed by atoms with Crippen molar-refractivity contribution in [2.24, 2.45) is 0 Å². The van der Waals surface area contributed by atoms with Crippen molar-refractivity contribution in [1.82, 2.24) is 20.4 Å². The maximum Gasteiger partial charge on any atom is 0.292 e. The van der Waals surface area contributed by atoms with Gasteiger partial charge in [-0.1, -0.05) is 30.3 Å². The maximum atomic E-state index is 12.7. The lowest BCUT2D eigenvalue weighted by Crippen LogP contribution is -2.31. The molecule has 0 bridgehead atoms. The molecule has 2 N–H and O–H groups in total. The first-order valence-corrected chi connectivity index (χ1v) is 9.17. The van der Waals surface area contributed by atoms with Gasteiger partial charge in [0.05, 0.1) is 22.6 Å². The Kier molecular flexibility index (Phi) is 5.87. The van der Waals surface area contributed by atoms with Crippen molar-refractivity contribution in [2.45, 2.75) is 20.4 Å². The third-order valence-corrected chi connectivity index (χ3v) is 4.59. The number of Topliss-reactive ketones (excluding diaryl/α,β-unsaturated/α-hetero) is 1. The standard InChI is InChI=1S/C22H22N4O3/c1-14-19(15(2)26(25-14)18-10-5-4-6-11-18)20(27)22(29)24-13-16-8-7-9-17(12-16)21(28)23-3/h4-12H,13H2,1-3H3,(H,23,28)(H,24,29). The Hall–Kier alpha value is -3.74. The van der Waals surface area contributed by atoms with Crippen LogP contribution >= 0.6 is 0 Å². The average Bonchev–Trinajstić information content (AvgIpc) is 3.05. The van der Waals surface area contributed by atoms with Crippen LogP contribution in [0.25, 0.3) is 5.69 Å². The molecule has 3 rings (SSSR count). The number of aryl methyl sites for hydroxylation is 1. The molecule has 0 aliphatic carbocycles. The predicted octanol–water partition coefficient (Wildman–Crippen LogP) is 2.35. The van der Waals surface area contributed by atoms with Gasteiger partial charge in [-0.25, -0.2) is 4.68 Å². The van der Waals surface area contributed by atoms with Crippen molar-refractivity contribution in [3.63, 3.8) is 0 Å². The van der Waals surface area contributed by atoms with Gasteiger partial charge in [-0.3, -0.25) is 14.4 Å². The fourth-order valence-corrected chi connectivity index (χ4v) is 3.13. The highest BCUT2D eigenvalue weighted by atomic mass is 16.2. The quantitative estimate of drug-likeness (QED) is 0.499. The number of carbonyl (C=O) groups is 3. The third-order valence-electron chi connectivity index (χ3n) is 4.59. The first-order valence-electron chi connectivity index (χ1n) is 9.17. The lowest BCUT2D eigenvalue weighted by Gasteiger charge is -2.07. The van der Waals surface area contributed by atoms with Crippen LogP contribution in [0.15, 0.2) is 54.6 Å². The largest absolute Gasteiger partial charge is 0.355 e. The number of ketones is 1. The molecule has 3 aromatic rings. The zero-order valence-electron chi connectivity index (χ0n) is 16.5. The van der Waals surface area contributed by atoms with Gasteiger partial charge >= 0.3 is 0 Å². The molecule has 0 saturated heterocycles. The van der Waals surface area contributed by atoms with Gasteiger partial charge in [-0.05, 0) is 43.7 Å². The molecule has 0 aliphatic rings. The molecule has 0 saturated carbocycles. The van der Waals surface area contributed by atoms with E-state index in [1.165, 1.54) is 0 Å². The lowest BCUT2D eigenvalue weighted by atomic mass is 10.1. The van der Waals surface area contributed by atoms with Crippen LogP contribution in [-0.4, -0.2) is 34.4 Å². The van der Waals surface area contributed by atoms with Crippen LogP contribution in [0, 0.1) is 13.8 Å². The van der Waals surface area contributed by atoms with Crippen molar-refractivity contribution in [2.75, 3.05) is 7.05 Å². The lowest BCUT2D eigenvalue weighted by molar-refractivity contribution is -0.117. The first-order chi connectivity index (χ1) is 13.9. The van der Waals surface area contributed by atoms with Gasteiger partial charge in [-0.2, -0.15) is 5.10 Å². The van der Waals surface area contributed by atoms with Crippen LogP contribution in [0.1, 0.15) is 37.7 Å². The second kappa shape index (κ2) is 8.52. The SMILES string of the molecule is CNC(=O)c1cccc(CNC(=O)C(=O)c2c(C)nn(-c3ccccc3)c2C)c1. The van der Waals surface area contributed by atoms with E-state index in [-0.39, 0.29) is 12.5 Å². The van der Waals surface area contributed by atoms with Crippen molar-refractivity contribution < 1.29 is 14.4 Å². The molecule has 1 heterocycles. The predicted molar refractivity (Wildman–Crippen MR) is 109 cm³/mol. The Morgan fingerprint density at radius 2 is 1.72 bits per heavy atom. The summed E-state index contributed by atoms with van der Waals surface area (Å²) in [5, 5.41) is 9.59. The van der Waals surface area contributed by atoms with Crippen molar-refractivity contribution in [1.29, 1.82) is 0 Å². The highest BCUT2D eigenvalue weighted by Gasteiger charge is 2.24. The minimum absolute atomic E-state index is 0.139. The monoisotopic (exact) mass is 390 g/mol. The highest BCUT2D eigenvalue weighted by Crippen LogP contribution is 2.18. The third kappa shape index (κ3) is 4.24. The number of amides is 2. The molecule has 148 valence electrons. The van der Waals surface area contributed by atoms with E-state index in [1.54, 1.807) is 49.8 Å². The van der Waals surface area contributed by atoms with E-state index < -0.39 is 11.7 Å². The van der Waals surface area contributed by atoms with Crippen LogP contribution in [0.2, 0.25) is 0 Å². The summed E-state index contributed by atoms with van der Waals surface area (Å²) in [4.78, 5) is 36.9. The van der Waals surface area contributed by atoms with Gasteiger partial charge in [-0.15, -0.1) is 0 Å². The Morgan fingerprint density at radius 1 is 1.00 bits per heavy atom.